The second-order valence-corrected chi connectivity index (χ2v) is 6.40. The van der Waals surface area contributed by atoms with Crippen molar-refractivity contribution < 1.29 is 22.7 Å². The highest BCUT2D eigenvalue weighted by Gasteiger charge is 2.29. The van der Waals surface area contributed by atoms with E-state index in [0.29, 0.717) is 3.57 Å². The maximum absolute atomic E-state index is 12.2. The molecule has 1 aromatic carbocycles. The summed E-state index contributed by atoms with van der Waals surface area (Å²) in [5, 5.41) is 2.82. The van der Waals surface area contributed by atoms with Crippen LogP contribution in [0, 0.1) is 3.57 Å². The Morgan fingerprint density at radius 1 is 1.33 bits per heavy atom. The molecule has 1 aromatic rings. The van der Waals surface area contributed by atoms with Crippen LogP contribution in [0.1, 0.15) is 37.6 Å². The Balaban J connectivity index is 2.88. The number of ether oxygens (including phenoxy) is 1. The van der Waals surface area contributed by atoms with Gasteiger partial charge in [0.1, 0.15) is 5.75 Å². The summed E-state index contributed by atoms with van der Waals surface area (Å²) in [6.45, 7) is 4.30. The van der Waals surface area contributed by atoms with Gasteiger partial charge in [-0.1, -0.05) is 6.92 Å². The van der Waals surface area contributed by atoms with E-state index in [4.69, 9.17) is 4.74 Å². The minimum atomic E-state index is -4.41. The summed E-state index contributed by atoms with van der Waals surface area (Å²) >= 11 is 1.86. The number of benzene rings is 1. The zero-order valence-electron chi connectivity index (χ0n) is 12.0. The Kier molecular flexibility index (Phi) is 5.89. The van der Waals surface area contributed by atoms with Crippen LogP contribution in [0.4, 0.5) is 13.2 Å². The first kappa shape index (κ1) is 18.1. The van der Waals surface area contributed by atoms with Crippen molar-refractivity contribution in [3.05, 3.63) is 27.3 Å². The molecule has 3 nitrogen and oxygen atoms in total. The van der Waals surface area contributed by atoms with Crippen LogP contribution in [0.3, 0.4) is 0 Å². The van der Waals surface area contributed by atoms with Crippen LogP contribution in [0.2, 0.25) is 0 Å². The Bertz CT molecular complexity index is 515. The zero-order chi connectivity index (χ0) is 16.3. The third-order valence-electron chi connectivity index (χ3n) is 2.92. The molecule has 0 spiro atoms. The molecule has 0 heterocycles. The number of hydrogen-bond donors (Lipinski definition) is 1. The summed E-state index contributed by atoms with van der Waals surface area (Å²) < 4.78 is 41.8. The molecule has 0 aromatic heterocycles. The monoisotopic (exact) mass is 415 g/mol. The Morgan fingerprint density at radius 3 is 2.48 bits per heavy atom. The van der Waals surface area contributed by atoms with E-state index in [1.165, 1.54) is 6.07 Å². The van der Waals surface area contributed by atoms with Crippen molar-refractivity contribution in [2.75, 3.05) is 6.61 Å². The molecule has 7 heteroatoms. The van der Waals surface area contributed by atoms with Gasteiger partial charge in [-0.15, -0.1) is 0 Å². The molecule has 118 valence electrons. The molecular weight excluding hydrogens is 398 g/mol. The fourth-order valence-electron chi connectivity index (χ4n) is 1.38. The second kappa shape index (κ2) is 6.85. The predicted octanol–water partition coefficient (Wildman–Crippen LogP) is 4.15. The molecule has 0 fully saturated rings. The molecular formula is C14H17F3INO2. The van der Waals surface area contributed by atoms with Crippen molar-refractivity contribution in [2.45, 2.75) is 38.9 Å². The van der Waals surface area contributed by atoms with Crippen LogP contribution in [-0.2, 0) is 0 Å². The van der Waals surface area contributed by atoms with Crippen molar-refractivity contribution in [2.24, 2.45) is 0 Å². The number of carbonyl (C=O) groups is 1. The normalized spacial score (nSPS) is 12.1. The molecule has 0 aliphatic rings. The minimum Gasteiger partial charge on any atom is -0.483 e. The molecule has 0 bridgehead atoms. The SMILES string of the molecule is CCC(C)(C)NC(=O)c1ccc(I)c(OCC(F)(F)F)c1. The van der Waals surface area contributed by atoms with Crippen LogP contribution >= 0.6 is 22.6 Å². The van der Waals surface area contributed by atoms with E-state index in [1.807, 2.05) is 43.4 Å². The summed E-state index contributed by atoms with van der Waals surface area (Å²) in [6, 6.07) is 4.44. The molecule has 0 radical (unpaired) electrons. The molecule has 0 atom stereocenters. The van der Waals surface area contributed by atoms with Crippen molar-refractivity contribution in [1.82, 2.24) is 5.32 Å². The fourth-order valence-corrected chi connectivity index (χ4v) is 1.87. The number of hydrogen-bond acceptors (Lipinski definition) is 2. The first-order valence-electron chi connectivity index (χ1n) is 6.36. The summed E-state index contributed by atoms with van der Waals surface area (Å²) in [4.78, 5) is 12.1. The van der Waals surface area contributed by atoms with Gasteiger partial charge in [0.05, 0.1) is 3.57 Å². The van der Waals surface area contributed by atoms with E-state index < -0.39 is 12.8 Å². The van der Waals surface area contributed by atoms with E-state index in [1.54, 1.807) is 12.1 Å². The quantitative estimate of drug-likeness (QED) is 0.734. The third-order valence-corrected chi connectivity index (χ3v) is 3.81. The van der Waals surface area contributed by atoms with E-state index in [9.17, 15) is 18.0 Å². The van der Waals surface area contributed by atoms with Gasteiger partial charge in [0, 0.05) is 11.1 Å². The highest BCUT2D eigenvalue weighted by Crippen LogP contribution is 2.25. The van der Waals surface area contributed by atoms with Gasteiger partial charge >= 0.3 is 6.18 Å². The van der Waals surface area contributed by atoms with Crippen LogP contribution < -0.4 is 10.1 Å². The summed E-state index contributed by atoms with van der Waals surface area (Å²) in [5.41, 5.74) is -0.110. The number of rotatable bonds is 5. The van der Waals surface area contributed by atoms with Gasteiger partial charge in [-0.25, -0.2) is 0 Å². The van der Waals surface area contributed by atoms with Gasteiger partial charge in [-0.3, -0.25) is 4.79 Å². The Morgan fingerprint density at radius 2 is 1.95 bits per heavy atom. The lowest BCUT2D eigenvalue weighted by atomic mass is 10.0. The molecule has 0 aliphatic carbocycles. The van der Waals surface area contributed by atoms with E-state index in [0.717, 1.165) is 6.42 Å². The summed E-state index contributed by atoms with van der Waals surface area (Å²) in [5.74, 6) is -0.287. The molecule has 0 saturated carbocycles. The minimum absolute atomic E-state index is 0.0508. The van der Waals surface area contributed by atoms with E-state index >= 15 is 0 Å². The first-order valence-corrected chi connectivity index (χ1v) is 7.43. The zero-order valence-corrected chi connectivity index (χ0v) is 14.1. The topological polar surface area (TPSA) is 38.3 Å². The number of alkyl halides is 3. The van der Waals surface area contributed by atoms with Gasteiger partial charge in [-0.05, 0) is 61.1 Å². The number of nitrogens with one attached hydrogen (secondary N) is 1. The first-order chi connectivity index (χ1) is 9.54. The molecule has 0 unspecified atom stereocenters. The smallest absolute Gasteiger partial charge is 0.422 e. The average Bonchev–Trinajstić information content (AvgIpc) is 2.36. The molecule has 1 rings (SSSR count). The average molecular weight is 415 g/mol. The Labute approximate surface area is 135 Å². The number of amides is 1. The molecule has 0 aliphatic heterocycles. The maximum Gasteiger partial charge on any atom is 0.422 e. The highest BCUT2D eigenvalue weighted by atomic mass is 127. The highest BCUT2D eigenvalue weighted by molar-refractivity contribution is 14.1. The molecule has 0 saturated heterocycles. The van der Waals surface area contributed by atoms with Crippen molar-refractivity contribution in [1.29, 1.82) is 0 Å². The van der Waals surface area contributed by atoms with Crippen molar-refractivity contribution >= 4 is 28.5 Å². The summed E-state index contributed by atoms with van der Waals surface area (Å²) in [6.07, 6.45) is -3.67. The van der Waals surface area contributed by atoms with Gasteiger partial charge in [0.15, 0.2) is 6.61 Å². The van der Waals surface area contributed by atoms with Gasteiger partial charge in [0.25, 0.3) is 5.91 Å². The number of carbonyl (C=O) groups excluding carboxylic acids is 1. The van der Waals surface area contributed by atoms with Crippen molar-refractivity contribution in [3.63, 3.8) is 0 Å². The third kappa shape index (κ3) is 6.11. The molecule has 21 heavy (non-hydrogen) atoms. The predicted molar refractivity (Wildman–Crippen MR) is 82.5 cm³/mol. The second-order valence-electron chi connectivity index (χ2n) is 5.24. The maximum atomic E-state index is 12.2. The van der Waals surface area contributed by atoms with Crippen LogP contribution in [-0.4, -0.2) is 24.2 Å². The lowest BCUT2D eigenvalue weighted by Crippen LogP contribution is -2.42. The van der Waals surface area contributed by atoms with E-state index in [-0.39, 0.29) is 22.8 Å². The Hall–Kier alpha value is -0.990. The van der Waals surface area contributed by atoms with Crippen LogP contribution in [0.25, 0.3) is 0 Å². The summed E-state index contributed by atoms with van der Waals surface area (Å²) in [7, 11) is 0. The van der Waals surface area contributed by atoms with Gasteiger partial charge in [0.2, 0.25) is 0 Å². The van der Waals surface area contributed by atoms with Crippen molar-refractivity contribution in [3.8, 4) is 5.75 Å². The largest absolute Gasteiger partial charge is 0.483 e. The van der Waals surface area contributed by atoms with Gasteiger partial charge in [-0.2, -0.15) is 13.2 Å². The number of halogens is 4. The van der Waals surface area contributed by atoms with E-state index in [2.05, 4.69) is 5.32 Å². The van der Waals surface area contributed by atoms with Crippen LogP contribution in [0.5, 0.6) is 5.75 Å². The molecule has 1 N–H and O–H groups in total. The molecule has 1 amide bonds. The lowest BCUT2D eigenvalue weighted by Gasteiger charge is -2.24. The fraction of sp³-hybridized carbons (Fsp3) is 0.500. The lowest BCUT2D eigenvalue weighted by molar-refractivity contribution is -0.153. The van der Waals surface area contributed by atoms with Gasteiger partial charge < -0.3 is 10.1 Å². The standard InChI is InChI=1S/C14H17F3INO2/c1-4-13(2,3)19-12(20)9-5-6-10(18)11(7-9)21-8-14(15,16)17/h5-7H,4,8H2,1-3H3,(H,19,20). The van der Waals surface area contributed by atoms with Crippen LogP contribution in [0.15, 0.2) is 18.2 Å².